The van der Waals surface area contributed by atoms with Gasteiger partial charge in [0.1, 0.15) is 0 Å². The molecule has 0 bridgehead atoms. The highest BCUT2D eigenvalue weighted by Crippen LogP contribution is 2.14. The summed E-state index contributed by atoms with van der Waals surface area (Å²) in [6.07, 6.45) is 0. The molecule has 0 saturated carbocycles. The maximum atomic E-state index is 12.0. The normalized spacial score (nSPS) is 12.5. The molecule has 2 aromatic rings. The fourth-order valence-electron chi connectivity index (χ4n) is 1.91. The number of aromatic amines is 1. The Kier molecular flexibility index (Phi) is 5.15. The molecule has 0 atom stereocenters. The predicted octanol–water partition coefficient (Wildman–Crippen LogP) is 1.16. The molecule has 0 radical (unpaired) electrons. The molecule has 0 amide bonds. The van der Waals surface area contributed by atoms with Gasteiger partial charge in [0.15, 0.2) is 0 Å². The van der Waals surface area contributed by atoms with Crippen molar-refractivity contribution in [3.63, 3.8) is 0 Å². The summed E-state index contributed by atoms with van der Waals surface area (Å²) in [7, 11) is -0.493. The van der Waals surface area contributed by atoms with Gasteiger partial charge in [-0.3, -0.25) is 9.78 Å². The lowest BCUT2D eigenvalue weighted by Gasteiger charge is -2.11. The molecule has 0 aliphatic heterocycles. The van der Waals surface area contributed by atoms with Crippen LogP contribution < -0.4 is 11.0 Å². The van der Waals surface area contributed by atoms with Gasteiger partial charge in [0.05, 0.1) is 10.6 Å². The number of aromatic nitrogens is 2. The molecule has 0 saturated heterocycles. The summed E-state index contributed by atoms with van der Waals surface area (Å²) in [4.78, 5) is 18.2. The number of benzene rings is 1. The van der Waals surface area contributed by atoms with Crippen LogP contribution in [0.2, 0.25) is 0 Å². The summed E-state index contributed by atoms with van der Waals surface area (Å²) >= 11 is 0. The van der Waals surface area contributed by atoms with Crippen molar-refractivity contribution in [2.24, 2.45) is 5.10 Å². The summed E-state index contributed by atoms with van der Waals surface area (Å²) in [5.41, 5.74) is 4.36. The van der Waals surface area contributed by atoms with Crippen molar-refractivity contribution in [3.05, 3.63) is 51.9 Å². The number of rotatable bonds is 5. The van der Waals surface area contributed by atoms with E-state index in [9.17, 15) is 13.2 Å². The maximum absolute atomic E-state index is 12.0. The van der Waals surface area contributed by atoms with E-state index >= 15 is 0 Å². The standard InChI is InChI=1S/C15H19N5O3S/c1-10-9-14(21)17-15(16-10)19-18-11(2)12-5-7-13(8-6-12)24(22,23)20(3)4/h5-9H,1-4H3,(H2,16,17,19,21)/b18-11-. The van der Waals surface area contributed by atoms with E-state index in [1.165, 1.54) is 32.3 Å². The number of H-pyrrole nitrogens is 1. The molecule has 8 nitrogen and oxygen atoms in total. The Balaban J connectivity index is 2.20. The lowest BCUT2D eigenvalue weighted by Crippen LogP contribution is -2.22. The lowest BCUT2D eigenvalue weighted by molar-refractivity contribution is 0.521. The third kappa shape index (κ3) is 4.06. The smallest absolute Gasteiger partial charge is 0.252 e. The zero-order valence-electron chi connectivity index (χ0n) is 13.9. The second-order valence-corrected chi connectivity index (χ2v) is 7.51. The third-order valence-corrected chi connectivity index (χ3v) is 5.08. The number of hydrogen-bond acceptors (Lipinski definition) is 6. The molecule has 128 valence electrons. The monoisotopic (exact) mass is 349 g/mol. The van der Waals surface area contributed by atoms with E-state index in [1.54, 1.807) is 26.0 Å². The molecule has 24 heavy (non-hydrogen) atoms. The fraction of sp³-hybridized carbons (Fsp3) is 0.267. The average Bonchev–Trinajstić information content (AvgIpc) is 2.51. The Morgan fingerprint density at radius 3 is 2.42 bits per heavy atom. The van der Waals surface area contributed by atoms with Crippen molar-refractivity contribution >= 4 is 21.7 Å². The molecular weight excluding hydrogens is 330 g/mol. The number of hydrazone groups is 1. The molecular formula is C15H19N5O3S. The van der Waals surface area contributed by atoms with E-state index in [0.29, 0.717) is 11.4 Å². The molecule has 0 spiro atoms. The first-order valence-corrected chi connectivity index (χ1v) is 8.55. The van der Waals surface area contributed by atoms with Crippen LogP contribution in [0.25, 0.3) is 0 Å². The number of nitrogens with one attached hydrogen (secondary N) is 2. The Morgan fingerprint density at radius 2 is 1.88 bits per heavy atom. The van der Waals surface area contributed by atoms with Gasteiger partial charge in [-0.1, -0.05) is 12.1 Å². The van der Waals surface area contributed by atoms with Crippen LogP contribution in [0.15, 0.2) is 45.1 Å². The van der Waals surface area contributed by atoms with Gasteiger partial charge in [-0.2, -0.15) is 5.10 Å². The molecule has 2 rings (SSSR count). The van der Waals surface area contributed by atoms with E-state index in [4.69, 9.17) is 0 Å². The highest BCUT2D eigenvalue weighted by molar-refractivity contribution is 7.89. The molecule has 0 aliphatic carbocycles. The Bertz CT molecular complexity index is 915. The first-order valence-electron chi connectivity index (χ1n) is 7.11. The number of nitrogens with zero attached hydrogens (tertiary/aromatic N) is 3. The van der Waals surface area contributed by atoms with Crippen LogP contribution in [0.4, 0.5) is 5.95 Å². The van der Waals surface area contributed by atoms with E-state index in [-0.39, 0.29) is 16.4 Å². The van der Waals surface area contributed by atoms with Gasteiger partial charge in [0.2, 0.25) is 16.0 Å². The van der Waals surface area contributed by atoms with Crippen LogP contribution in [0.3, 0.4) is 0 Å². The second-order valence-electron chi connectivity index (χ2n) is 5.36. The van der Waals surface area contributed by atoms with E-state index in [2.05, 4.69) is 20.5 Å². The topological polar surface area (TPSA) is 108 Å². The van der Waals surface area contributed by atoms with E-state index in [1.807, 2.05) is 0 Å². The van der Waals surface area contributed by atoms with Gasteiger partial charge < -0.3 is 0 Å². The number of anilines is 1. The van der Waals surface area contributed by atoms with E-state index < -0.39 is 10.0 Å². The highest BCUT2D eigenvalue weighted by Gasteiger charge is 2.16. The fourth-order valence-corrected chi connectivity index (χ4v) is 2.81. The number of aryl methyl sites for hydroxylation is 1. The quantitative estimate of drug-likeness (QED) is 0.622. The minimum Gasteiger partial charge on any atom is -0.291 e. The maximum Gasteiger partial charge on any atom is 0.252 e. The molecule has 1 aromatic carbocycles. The minimum absolute atomic E-state index is 0.210. The summed E-state index contributed by atoms with van der Waals surface area (Å²) < 4.78 is 25.2. The Morgan fingerprint density at radius 1 is 1.25 bits per heavy atom. The first-order chi connectivity index (χ1) is 11.2. The van der Waals surface area contributed by atoms with Crippen molar-refractivity contribution in [3.8, 4) is 0 Å². The lowest BCUT2D eigenvalue weighted by atomic mass is 10.1. The van der Waals surface area contributed by atoms with Crippen LogP contribution >= 0.6 is 0 Å². The molecule has 1 heterocycles. The summed E-state index contributed by atoms with van der Waals surface area (Å²) in [6, 6.07) is 7.77. The van der Waals surface area contributed by atoms with Crippen molar-refractivity contribution < 1.29 is 8.42 Å². The van der Waals surface area contributed by atoms with Crippen LogP contribution in [-0.2, 0) is 10.0 Å². The highest BCUT2D eigenvalue weighted by atomic mass is 32.2. The van der Waals surface area contributed by atoms with Crippen molar-refractivity contribution in [2.45, 2.75) is 18.7 Å². The zero-order valence-corrected chi connectivity index (χ0v) is 14.7. The minimum atomic E-state index is -3.46. The second kappa shape index (κ2) is 6.93. The largest absolute Gasteiger partial charge is 0.291 e. The van der Waals surface area contributed by atoms with Crippen LogP contribution in [0, 0.1) is 6.92 Å². The number of hydrogen-bond donors (Lipinski definition) is 2. The molecule has 0 unspecified atom stereocenters. The summed E-state index contributed by atoms with van der Waals surface area (Å²) in [5, 5.41) is 4.15. The molecule has 0 fully saturated rings. The molecule has 2 N–H and O–H groups in total. The third-order valence-electron chi connectivity index (χ3n) is 3.25. The predicted molar refractivity (Wildman–Crippen MR) is 92.7 cm³/mol. The van der Waals surface area contributed by atoms with Gasteiger partial charge in [-0.15, -0.1) is 0 Å². The van der Waals surface area contributed by atoms with Gasteiger partial charge in [0.25, 0.3) is 5.56 Å². The summed E-state index contributed by atoms with van der Waals surface area (Å²) in [6.45, 7) is 3.47. The van der Waals surface area contributed by atoms with Gasteiger partial charge in [-0.05, 0) is 31.5 Å². The van der Waals surface area contributed by atoms with Gasteiger partial charge in [-0.25, -0.2) is 23.1 Å². The van der Waals surface area contributed by atoms with Crippen molar-refractivity contribution in [2.75, 3.05) is 19.5 Å². The zero-order chi connectivity index (χ0) is 17.9. The van der Waals surface area contributed by atoms with Crippen molar-refractivity contribution in [1.82, 2.24) is 14.3 Å². The summed E-state index contributed by atoms with van der Waals surface area (Å²) in [5.74, 6) is 0.242. The Labute approximate surface area is 140 Å². The molecule has 9 heteroatoms. The van der Waals surface area contributed by atoms with Crippen molar-refractivity contribution in [1.29, 1.82) is 0 Å². The van der Waals surface area contributed by atoms with Crippen LogP contribution in [0.5, 0.6) is 0 Å². The molecule has 1 aromatic heterocycles. The number of sulfonamides is 1. The SMILES string of the molecule is C/C(=N/Nc1nc(C)cc(=O)[nH]1)c1ccc(S(=O)(=O)N(C)C)cc1. The van der Waals surface area contributed by atoms with Crippen LogP contribution in [-0.4, -0.2) is 42.5 Å². The average molecular weight is 349 g/mol. The molecule has 0 aliphatic rings. The van der Waals surface area contributed by atoms with Gasteiger partial charge >= 0.3 is 0 Å². The van der Waals surface area contributed by atoms with Gasteiger partial charge in [0, 0.05) is 25.9 Å². The first kappa shape index (κ1) is 17.8. The van der Waals surface area contributed by atoms with Crippen LogP contribution in [0.1, 0.15) is 18.2 Å². The van der Waals surface area contributed by atoms with E-state index in [0.717, 1.165) is 9.87 Å². The Hall–Kier alpha value is -2.52.